The number of aliphatic carboxylic acids is 1. The molecule has 2 rings (SSSR count). The minimum atomic E-state index is -1.03. The summed E-state index contributed by atoms with van der Waals surface area (Å²) in [6, 6.07) is 0. The number of amides is 1. The summed E-state index contributed by atoms with van der Waals surface area (Å²) in [7, 11) is 0. The summed E-state index contributed by atoms with van der Waals surface area (Å²) < 4.78 is 0. The highest BCUT2D eigenvalue weighted by Crippen LogP contribution is 2.40. The van der Waals surface area contributed by atoms with Gasteiger partial charge in [0.1, 0.15) is 5.54 Å². The van der Waals surface area contributed by atoms with E-state index < -0.39 is 11.5 Å². The predicted molar refractivity (Wildman–Crippen MR) is 49.6 cm³/mol. The summed E-state index contributed by atoms with van der Waals surface area (Å²) in [6.07, 6.45) is 3.64. The van der Waals surface area contributed by atoms with Crippen LogP contribution in [0, 0.1) is 11.8 Å². The summed E-state index contributed by atoms with van der Waals surface area (Å²) in [6.45, 7) is 1.62. The lowest BCUT2D eigenvalue weighted by molar-refractivity contribution is -0.148. The molecule has 2 aliphatic rings. The highest BCUT2D eigenvalue weighted by molar-refractivity contribution is 5.89. The van der Waals surface area contributed by atoms with E-state index in [0.29, 0.717) is 0 Å². The molecule has 0 aromatic rings. The van der Waals surface area contributed by atoms with E-state index in [1.54, 1.807) is 6.92 Å². The van der Waals surface area contributed by atoms with E-state index in [2.05, 4.69) is 5.32 Å². The summed E-state index contributed by atoms with van der Waals surface area (Å²) >= 11 is 0. The van der Waals surface area contributed by atoms with Crippen LogP contribution in [0.15, 0.2) is 0 Å². The highest BCUT2D eigenvalue weighted by atomic mass is 16.4. The van der Waals surface area contributed by atoms with Crippen molar-refractivity contribution in [2.24, 2.45) is 11.8 Å². The fraction of sp³-hybridized carbons (Fsp3) is 0.800. The minimum absolute atomic E-state index is 0.0763. The van der Waals surface area contributed by atoms with Crippen LogP contribution in [0.3, 0.4) is 0 Å². The summed E-state index contributed by atoms with van der Waals surface area (Å²) in [5, 5.41) is 11.8. The quantitative estimate of drug-likeness (QED) is 0.699. The Balaban J connectivity index is 2.02. The summed E-state index contributed by atoms with van der Waals surface area (Å²) in [5.41, 5.74) is -1.03. The lowest BCUT2D eigenvalue weighted by Gasteiger charge is -2.26. The van der Waals surface area contributed by atoms with E-state index in [1.165, 1.54) is 0 Å². The molecule has 0 radical (unpaired) electrons. The van der Waals surface area contributed by atoms with Gasteiger partial charge in [-0.1, -0.05) is 0 Å². The number of carbonyl (C=O) groups excluding carboxylic acids is 1. The average Bonchev–Trinajstić information content (AvgIpc) is 2.96. The molecule has 0 aromatic carbocycles. The lowest BCUT2D eigenvalue weighted by Crippen LogP contribution is -2.54. The molecule has 0 aliphatic heterocycles. The van der Waals surface area contributed by atoms with Gasteiger partial charge >= 0.3 is 5.97 Å². The zero-order chi connectivity index (χ0) is 10.3. The Morgan fingerprint density at radius 1 is 1.29 bits per heavy atom. The molecule has 1 atom stereocenters. The van der Waals surface area contributed by atoms with Gasteiger partial charge in [0.15, 0.2) is 0 Å². The number of hydrogen-bond acceptors (Lipinski definition) is 2. The number of rotatable bonds is 4. The van der Waals surface area contributed by atoms with Crippen LogP contribution in [0.2, 0.25) is 0 Å². The van der Waals surface area contributed by atoms with E-state index in [-0.39, 0.29) is 17.7 Å². The SMILES string of the molecule is CC(NC(=O)C1CC1)(C(=O)O)C1CC1. The number of hydrogen-bond donors (Lipinski definition) is 2. The van der Waals surface area contributed by atoms with Gasteiger partial charge in [-0.2, -0.15) is 0 Å². The van der Waals surface area contributed by atoms with Crippen LogP contribution in [-0.2, 0) is 9.59 Å². The third-order valence-electron chi connectivity index (χ3n) is 3.17. The van der Waals surface area contributed by atoms with E-state index >= 15 is 0 Å². The number of carboxylic acids is 1. The Hall–Kier alpha value is -1.06. The van der Waals surface area contributed by atoms with Gasteiger partial charge in [-0.25, -0.2) is 4.79 Å². The van der Waals surface area contributed by atoms with E-state index in [9.17, 15) is 9.59 Å². The van der Waals surface area contributed by atoms with Crippen molar-refractivity contribution in [3.63, 3.8) is 0 Å². The van der Waals surface area contributed by atoms with Gasteiger partial charge in [0, 0.05) is 5.92 Å². The first kappa shape index (κ1) is 9.49. The molecule has 2 N–H and O–H groups in total. The van der Waals surface area contributed by atoms with Crippen LogP contribution in [-0.4, -0.2) is 22.5 Å². The second-order valence-electron chi connectivity index (χ2n) is 4.55. The molecule has 78 valence electrons. The van der Waals surface area contributed by atoms with E-state index in [0.717, 1.165) is 25.7 Å². The monoisotopic (exact) mass is 197 g/mol. The molecule has 1 amide bonds. The smallest absolute Gasteiger partial charge is 0.329 e. The zero-order valence-electron chi connectivity index (χ0n) is 8.25. The summed E-state index contributed by atoms with van der Waals surface area (Å²) in [4.78, 5) is 22.5. The van der Waals surface area contributed by atoms with Crippen molar-refractivity contribution in [1.82, 2.24) is 5.32 Å². The van der Waals surface area contributed by atoms with Gasteiger partial charge < -0.3 is 10.4 Å². The fourth-order valence-electron chi connectivity index (χ4n) is 1.69. The second kappa shape index (κ2) is 2.97. The predicted octanol–water partition coefficient (Wildman–Crippen LogP) is 0.766. The third kappa shape index (κ3) is 1.61. The van der Waals surface area contributed by atoms with Gasteiger partial charge in [-0.15, -0.1) is 0 Å². The van der Waals surface area contributed by atoms with E-state index in [1.807, 2.05) is 0 Å². The molecule has 0 heterocycles. The molecule has 2 fully saturated rings. The molecule has 2 saturated carbocycles. The topological polar surface area (TPSA) is 66.4 Å². The number of nitrogens with one attached hydrogen (secondary N) is 1. The molecule has 14 heavy (non-hydrogen) atoms. The van der Waals surface area contributed by atoms with Crippen LogP contribution in [0.4, 0.5) is 0 Å². The maximum absolute atomic E-state index is 11.5. The first-order valence-corrected chi connectivity index (χ1v) is 5.09. The molecule has 0 bridgehead atoms. The maximum atomic E-state index is 11.5. The molecule has 4 heteroatoms. The Morgan fingerprint density at radius 2 is 1.86 bits per heavy atom. The van der Waals surface area contributed by atoms with Gasteiger partial charge in [0.2, 0.25) is 5.91 Å². The fourth-order valence-corrected chi connectivity index (χ4v) is 1.69. The molecular weight excluding hydrogens is 182 g/mol. The normalized spacial score (nSPS) is 25.2. The van der Waals surface area contributed by atoms with Crippen molar-refractivity contribution in [3.05, 3.63) is 0 Å². The van der Waals surface area contributed by atoms with Crippen LogP contribution in [0.5, 0.6) is 0 Å². The highest BCUT2D eigenvalue weighted by Gasteiger charge is 2.49. The van der Waals surface area contributed by atoms with Gasteiger partial charge in [0.25, 0.3) is 0 Å². The Labute approximate surface area is 82.7 Å². The standard InChI is InChI=1S/C10H15NO3/c1-10(9(13)14,7-4-5-7)11-8(12)6-2-3-6/h6-7H,2-5H2,1H3,(H,11,12)(H,13,14). The first-order valence-electron chi connectivity index (χ1n) is 5.09. The third-order valence-corrected chi connectivity index (χ3v) is 3.17. The molecule has 0 aromatic heterocycles. The molecule has 2 aliphatic carbocycles. The van der Waals surface area contributed by atoms with Crippen LogP contribution in [0.25, 0.3) is 0 Å². The van der Waals surface area contributed by atoms with Crippen molar-refractivity contribution >= 4 is 11.9 Å². The molecule has 0 saturated heterocycles. The van der Waals surface area contributed by atoms with E-state index in [4.69, 9.17) is 5.11 Å². The van der Waals surface area contributed by atoms with Gasteiger partial charge in [0.05, 0.1) is 0 Å². The zero-order valence-corrected chi connectivity index (χ0v) is 8.25. The van der Waals surface area contributed by atoms with Crippen LogP contribution >= 0.6 is 0 Å². The van der Waals surface area contributed by atoms with Crippen LogP contribution in [0.1, 0.15) is 32.6 Å². The molecule has 1 unspecified atom stereocenters. The lowest BCUT2D eigenvalue weighted by atomic mass is 9.95. The van der Waals surface area contributed by atoms with Crippen molar-refractivity contribution in [3.8, 4) is 0 Å². The van der Waals surface area contributed by atoms with Crippen molar-refractivity contribution in [2.75, 3.05) is 0 Å². The Morgan fingerprint density at radius 3 is 2.21 bits per heavy atom. The second-order valence-corrected chi connectivity index (χ2v) is 4.55. The molecule has 0 spiro atoms. The summed E-state index contributed by atoms with van der Waals surface area (Å²) in [5.74, 6) is -0.786. The van der Waals surface area contributed by atoms with Gasteiger partial charge in [-0.05, 0) is 38.5 Å². The van der Waals surface area contributed by atoms with Crippen molar-refractivity contribution in [1.29, 1.82) is 0 Å². The number of carbonyl (C=O) groups is 2. The maximum Gasteiger partial charge on any atom is 0.329 e. The molecule has 4 nitrogen and oxygen atoms in total. The van der Waals surface area contributed by atoms with Crippen LogP contribution < -0.4 is 5.32 Å². The minimum Gasteiger partial charge on any atom is -0.480 e. The Bertz CT molecular complexity index is 281. The largest absolute Gasteiger partial charge is 0.480 e. The van der Waals surface area contributed by atoms with Gasteiger partial charge in [-0.3, -0.25) is 4.79 Å². The first-order chi connectivity index (χ1) is 6.54. The Kier molecular flexibility index (Phi) is 2.01. The van der Waals surface area contributed by atoms with Crippen molar-refractivity contribution in [2.45, 2.75) is 38.1 Å². The number of carboxylic acid groups (broad SMARTS) is 1. The molecular formula is C10H15NO3. The van der Waals surface area contributed by atoms with Crippen molar-refractivity contribution < 1.29 is 14.7 Å². The average molecular weight is 197 g/mol.